The second-order valence-electron chi connectivity index (χ2n) is 2.83. The van der Waals surface area contributed by atoms with Gasteiger partial charge < -0.3 is 5.11 Å². The highest BCUT2D eigenvalue weighted by atomic mass is 32.2. The van der Waals surface area contributed by atoms with Crippen LogP contribution in [0, 0.1) is 5.92 Å². The quantitative estimate of drug-likeness (QED) is 0.702. The van der Waals surface area contributed by atoms with E-state index in [-0.39, 0.29) is 0 Å². The molecule has 1 saturated heterocycles. The third-order valence-electron chi connectivity index (χ3n) is 1.97. The van der Waals surface area contributed by atoms with Crippen LogP contribution in [0.4, 0.5) is 8.78 Å². The first-order valence-electron chi connectivity index (χ1n) is 3.73. The van der Waals surface area contributed by atoms with Crippen molar-refractivity contribution < 1.29 is 13.9 Å². The fourth-order valence-corrected chi connectivity index (χ4v) is 2.44. The maximum Gasteiger partial charge on any atom is 0.274 e. The van der Waals surface area contributed by atoms with E-state index < -0.39 is 18.4 Å². The van der Waals surface area contributed by atoms with Crippen molar-refractivity contribution >= 4 is 11.8 Å². The van der Waals surface area contributed by atoms with E-state index in [1.165, 1.54) is 0 Å². The van der Waals surface area contributed by atoms with Gasteiger partial charge in [-0.15, -0.1) is 0 Å². The van der Waals surface area contributed by atoms with E-state index in [4.69, 9.17) is 5.11 Å². The number of alkyl halides is 2. The Morgan fingerprint density at radius 1 is 1.55 bits per heavy atom. The molecule has 1 rings (SSSR count). The molecule has 1 aliphatic rings. The van der Waals surface area contributed by atoms with Crippen LogP contribution < -0.4 is 0 Å². The predicted octanol–water partition coefficient (Wildman–Crippen LogP) is 1.76. The largest absolute Gasteiger partial charge is 0.390 e. The summed E-state index contributed by atoms with van der Waals surface area (Å²) in [5.74, 6) is -1.98. The van der Waals surface area contributed by atoms with E-state index in [2.05, 4.69) is 0 Å². The van der Waals surface area contributed by atoms with Gasteiger partial charge in [0.1, 0.15) is 6.61 Å². The molecule has 0 aromatic carbocycles. The van der Waals surface area contributed by atoms with Gasteiger partial charge in [0.05, 0.1) is 0 Å². The molecular formula is C7H12F2OS. The second-order valence-corrected chi connectivity index (χ2v) is 3.98. The third-order valence-corrected chi connectivity index (χ3v) is 3.18. The molecular weight excluding hydrogens is 170 g/mol. The van der Waals surface area contributed by atoms with Crippen LogP contribution in [0.3, 0.4) is 0 Å². The second kappa shape index (κ2) is 3.72. The molecule has 1 N–H and O–H groups in total. The number of rotatable bonds is 2. The van der Waals surface area contributed by atoms with Gasteiger partial charge in [-0.05, 0) is 18.6 Å². The van der Waals surface area contributed by atoms with Gasteiger partial charge in [0, 0.05) is 11.7 Å². The lowest BCUT2D eigenvalue weighted by Gasteiger charge is -2.27. The lowest BCUT2D eigenvalue weighted by molar-refractivity contribution is -0.0932. The van der Waals surface area contributed by atoms with E-state index >= 15 is 0 Å². The van der Waals surface area contributed by atoms with Crippen LogP contribution in [0.1, 0.15) is 12.8 Å². The monoisotopic (exact) mass is 182 g/mol. The fourth-order valence-electron chi connectivity index (χ4n) is 1.20. The standard InChI is InChI=1S/C7H12F2OS/c8-7(9,5-10)6-2-1-3-11-4-6/h6,10H,1-5H2. The number of hydrogen-bond acceptors (Lipinski definition) is 2. The van der Waals surface area contributed by atoms with Gasteiger partial charge in [-0.25, -0.2) is 8.78 Å². The number of aliphatic hydroxyl groups excluding tert-OH is 1. The van der Waals surface area contributed by atoms with E-state index in [0.29, 0.717) is 12.2 Å². The summed E-state index contributed by atoms with van der Waals surface area (Å²) in [5.41, 5.74) is 0. The molecule has 0 spiro atoms. The van der Waals surface area contributed by atoms with Gasteiger partial charge in [0.25, 0.3) is 5.92 Å². The fraction of sp³-hybridized carbons (Fsp3) is 1.00. The lowest BCUT2D eigenvalue weighted by Crippen LogP contribution is -2.35. The summed E-state index contributed by atoms with van der Waals surface area (Å²) >= 11 is 1.55. The Morgan fingerprint density at radius 3 is 2.73 bits per heavy atom. The van der Waals surface area contributed by atoms with Crippen molar-refractivity contribution in [2.24, 2.45) is 5.92 Å². The number of thioether (sulfide) groups is 1. The van der Waals surface area contributed by atoms with Gasteiger partial charge in [-0.2, -0.15) is 11.8 Å². The van der Waals surface area contributed by atoms with Crippen molar-refractivity contribution in [2.75, 3.05) is 18.1 Å². The Hall–Kier alpha value is 0.170. The van der Waals surface area contributed by atoms with Crippen LogP contribution in [-0.4, -0.2) is 29.1 Å². The average Bonchev–Trinajstić information content (AvgIpc) is 2.06. The Balaban J connectivity index is 2.43. The molecule has 1 aliphatic heterocycles. The van der Waals surface area contributed by atoms with Gasteiger partial charge in [-0.1, -0.05) is 0 Å². The number of hydrogen-bond donors (Lipinski definition) is 1. The smallest absolute Gasteiger partial charge is 0.274 e. The van der Waals surface area contributed by atoms with Gasteiger partial charge in [0.15, 0.2) is 0 Å². The highest BCUT2D eigenvalue weighted by Crippen LogP contribution is 2.34. The van der Waals surface area contributed by atoms with Gasteiger partial charge in [0.2, 0.25) is 0 Å². The van der Waals surface area contributed by atoms with E-state index in [9.17, 15) is 8.78 Å². The maximum atomic E-state index is 12.8. The lowest BCUT2D eigenvalue weighted by atomic mass is 9.98. The van der Waals surface area contributed by atoms with Crippen molar-refractivity contribution in [3.05, 3.63) is 0 Å². The summed E-state index contributed by atoms with van der Waals surface area (Å²) in [5, 5.41) is 8.39. The minimum atomic E-state index is -2.85. The molecule has 0 aromatic heterocycles. The van der Waals surface area contributed by atoms with Crippen LogP contribution in [0.25, 0.3) is 0 Å². The molecule has 1 unspecified atom stereocenters. The van der Waals surface area contributed by atoms with Gasteiger partial charge >= 0.3 is 0 Å². The first-order valence-corrected chi connectivity index (χ1v) is 4.88. The highest BCUT2D eigenvalue weighted by molar-refractivity contribution is 7.99. The Labute approximate surface area is 69.2 Å². The Bertz CT molecular complexity index is 124. The Morgan fingerprint density at radius 2 is 2.27 bits per heavy atom. The molecule has 0 radical (unpaired) electrons. The first kappa shape index (κ1) is 9.26. The van der Waals surface area contributed by atoms with Crippen molar-refractivity contribution in [1.29, 1.82) is 0 Å². The van der Waals surface area contributed by atoms with Crippen LogP contribution in [0.2, 0.25) is 0 Å². The first-order chi connectivity index (χ1) is 5.17. The number of halogens is 2. The zero-order valence-corrected chi connectivity index (χ0v) is 7.04. The van der Waals surface area contributed by atoms with Crippen molar-refractivity contribution in [1.82, 2.24) is 0 Å². The molecule has 66 valence electrons. The van der Waals surface area contributed by atoms with E-state index in [1.807, 2.05) is 0 Å². The minimum absolute atomic E-state index is 0.494. The molecule has 1 heterocycles. The molecule has 0 amide bonds. The molecule has 0 bridgehead atoms. The summed E-state index contributed by atoms with van der Waals surface area (Å²) < 4.78 is 25.6. The molecule has 0 aromatic rings. The summed E-state index contributed by atoms with van der Waals surface area (Å²) in [7, 11) is 0. The molecule has 0 saturated carbocycles. The summed E-state index contributed by atoms with van der Waals surface area (Å²) in [6, 6.07) is 0. The summed E-state index contributed by atoms with van der Waals surface area (Å²) in [4.78, 5) is 0. The number of aliphatic hydroxyl groups is 1. The molecule has 0 aliphatic carbocycles. The van der Waals surface area contributed by atoms with E-state index in [1.54, 1.807) is 11.8 Å². The van der Waals surface area contributed by atoms with E-state index in [0.717, 1.165) is 12.2 Å². The van der Waals surface area contributed by atoms with Crippen LogP contribution in [0.5, 0.6) is 0 Å². The highest BCUT2D eigenvalue weighted by Gasteiger charge is 2.39. The predicted molar refractivity (Wildman–Crippen MR) is 42.1 cm³/mol. The van der Waals surface area contributed by atoms with Crippen molar-refractivity contribution in [3.63, 3.8) is 0 Å². The minimum Gasteiger partial charge on any atom is -0.390 e. The van der Waals surface area contributed by atoms with Crippen LogP contribution in [-0.2, 0) is 0 Å². The molecule has 4 heteroatoms. The molecule has 11 heavy (non-hydrogen) atoms. The summed E-state index contributed by atoms with van der Waals surface area (Å²) in [6.07, 6.45) is 1.41. The molecule has 1 atom stereocenters. The molecule has 1 nitrogen and oxygen atoms in total. The summed E-state index contributed by atoms with van der Waals surface area (Å²) in [6.45, 7) is -1.00. The molecule has 1 fully saturated rings. The zero-order valence-electron chi connectivity index (χ0n) is 6.22. The normalized spacial score (nSPS) is 27.0. The SMILES string of the molecule is OCC(F)(F)C1CCCSC1. The third kappa shape index (κ3) is 2.30. The van der Waals surface area contributed by atoms with Crippen molar-refractivity contribution in [3.8, 4) is 0 Å². The van der Waals surface area contributed by atoms with Crippen LogP contribution >= 0.6 is 11.8 Å². The van der Waals surface area contributed by atoms with Gasteiger partial charge in [-0.3, -0.25) is 0 Å². The Kier molecular flexibility index (Phi) is 3.13. The average molecular weight is 182 g/mol. The van der Waals surface area contributed by atoms with Crippen molar-refractivity contribution in [2.45, 2.75) is 18.8 Å². The van der Waals surface area contributed by atoms with Crippen LogP contribution in [0.15, 0.2) is 0 Å². The maximum absolute atomic E-state index is 12.8. The topological polar surface area (TPSA) is 20.2 Å². The zero-order chi connectivity index (χ0) is 8.32.